The molecule has 0 fully saturated rings. The molecule has 0 radical (unpaired) electrons. The molecule has 23 heavy (non-hydrogen) atoms. The van der Waals surface area contributed by atoms with Crippen molar-refractivity contribution in [2.45, 2.75) is 33.1 Å². The minimum absolute atomic E-state index is 0.145. The van der Waals surface area contributed by atoms with E-state index in [4.69, 9.17) is 0 Å². The minimum atomic E-state index is -0.145. The predicted octanol–water partition coefficient (Wildman–Crippen LogP) is 5.01. The van der Waals surface area contributed by atoms with Crippen molar-refractivity contribution in [2.75, 3.05) is 17.2 Å². The third kappa shape index (κ3) is 5.36. The van der Waals surface area contributed by atoms with Gasteiger partial charge >= 0.3 is 0 Å². The number of unbranched alkanes of at least 4 members (excludes halogenated alkanes) is 2. The van der Waals surface area contributed by atoms with Gasteiger partial charge in [0.1, 0.15) is 5.82 Å². The quantitative estimate of drug-likeness (QED) is 0.668. The SMILES string of the molecule is CCCCCNc1cc(C(=O)Nc2ccc(C)cc2Br)ccn1. The molecule has 0 atom stereocenters. The summed E-state index contributed by atoms with van der Waals surface area (Å²) in [6.07, 6.45) is 5.13. The lowest BCUT2D eigenvalue weighted by Gasteiger charge is -2.10. The predicted molar refractivity (Wildman–Crippen MR) is 99.1 cm³/mol. The van der Waals surface area contributed by atoms with Crippen molar-refractivity contribution < 1.29 is 4.79 Å². The van der Waals surface area contributed by atoms with Gasteiger partial charge in [0.05, 0.1) is 5.69 Å². The van der Waals surface area contributed by atoms with Gasteiger partial charge in [0.2, 0.25) is 0 Å². The molecule has 1 amide bonds. The fraction of sp³-hybridized carbons (Fsp3) is 0.333. The van der Waals surface area contributed by atoms with Crippen molar-refractivity contribution in [3.05, 3.63) is 52.1 Å². The molecule has 5 heteroatoms. The van der Waals surface area contributed by atoms with Crippen LogP contribution in [0.4, 0.5) is 11.5 Å². The van der Waals surface area contributed by atoms with E-state index < -0.39 is 0 Å². The number of amides is 1. The summed E-state index contributed by atoms with van der Waals surface area (Å²) in [5, 5.41) is 6.17. The molecule has 1 heterocycles. The molecule has 0 saturated carbocycles. The molecule has 0 aliphatic rings. The van der Waals surface area contributed by atoms with Crippen LogP contribution in [0.25, 0.3) is 0 Å². The molecule has 0 saturated heterocycles. The minimum Gasteiger partial charge on any atom is -0.370 e. The van der Waals surface area contributed by atoms with Crippen molar-refractivity contribution in [3.63, 3.8) is 0 Å². The summed E-state index contributed by atoms with van der Waals surface area (Å²) in [6.45, 7) is 5.05. The fourth-order valence-electron chi connectivity index (χ4n) is 2.18. The fourth-order valence-corrected chi connectivity index (χ4v) is 2.77. The van der Waals surface area contributed by atoms with Gasteiger partial charge in [0.15, 0.2) is 0 Å². The second-order valence-corrected chi connectivity index (χ2v) is 6.36. The van der Waals surface area contributed by atoms with Gasteiger partial charge in [0, 0.05) is 22.8 Å². The van der Waals surface area contributed by atoms with Crippen molar-refractivity contribution in [2.24, 2.45) is 0 Å². The molecule has 0 aliphatic carbocycles. The van der Waals surface area contributed by atoms with Gasteiger partial charge in [-0.15, -0.1) is 0 Å². The summed E-state index contributed by atoms with van der Waals surface area (Å²) >= 11 is 3.47. The maximum Gasteiger partial charge on any atom is 0.255 e. The molecule has 122 valence electrons. The molecule has 2 rings (SSSR count). The summed E-state index contributed by atoms with van der Waals surface area (Å²) in [7, 11) is 0. The van der Waals surface area contributed by atoms with E-state index in [0.29, 0.717) is 5.56 Å². The van der Waals surface area contributed by atoms with Crippen molar-refractivity contribution in [1.82, 2.24) is 4.98 Å². The number of halogens is 1. The van der Waals surface area contributed by atoms with Gasteiger partial charge in [-0.05, 0) is 59.1 Å². The van der Waals surface area contributed by atoms with Gasteiger partial charge in [-0.1, -0.05) is 25.8 Å². The van der Waals surface area contributed by atoms with E-state index in [1.807, 2.05) is 25.1 Å². The largest absolute Gasteiger partial charge is 0.370 e. The molecule has 0 aliphatic heterocycles. The average Bonchev–Trinajstić information content (AvgIpc) is 2.54. The maximum absolute atomic E-state index is 12.4. The lowest BCUT2D eigenvalue weighted by Crippen LogP contribution is -2.13. The molecule has 1 aromatic carbocycles. The Bertz CT molecular complexity index is 673. The third-order valence-electron chi connectivity index (χ3n) is 3.48. The van der Waals surface area contributed by atoms with Crippen LogP contribution >= 0.6 is 15.9 Å². The second-order valence-electron chi connectivity index (χ2n) is 5.50. The van der Waals surface area contributed by atoms with E-state index in [0.717, 1.165) is 34.5 Å². The van der Waals surface area contributed by atoms with Crippen LogP contribution in [0.3, 0.4) is 0 Å². The molecule has 2 N–H and O–H groups in total. The molecular weight excluding hydrogens is 354 g/mol. The highest BCUT2D eigenvalue weighted by Gasteiger charge is 2.09. The first-order valence-electron chi connectivity index (χ1n) is 7.87. The number of nitrogens with one attached hydrogen (secondary N) is 2. The Morgan fingerprint density at radius 1 is 1.22 bits per heavy atom. The van der Waals surface area contributed by atoms with Crippen LogP contribution in [0, 0.1) is 6.92 Å². The topological polar surface area (TPSA) is 54.0 Å². The van der Waals surface area contributed by atoms with E-state index in [1.165, 1.54) is 12.8 Å². The maximum atomic E-state index is 12.4. The van der Waals surface area contributed by atoms with Gasteiger partial charge in [-0.3, -0.25) is 4.79 Å². The number of nitrogens with zero attached hydrogens (tertiary/aromatic N) is 1. The van der Waals surface area contributed by atoms with E-state index >= 15 is 0 Å². The number of anilines is 2. The molecule has 0 spiro atoms. The van der Waals surface area contributed by atoms with E-state index in [9.17, 15) is 4.79 Å². The lowest BCUT2D eigenvalue weighted by atomic mass is 10.2. The number of hydrogen-bond donors (Lipinski definition) is 2. The van der Waals surface area contributed by atoms with Crippen LogP contribution in [0.1, 0.15) is 42.1 Å². The normalized spacial score (nSPS) is 10.4. The Morgan fingerprint density at radius 2 is 2.04 bits per heavy atom. The summed E-state index contributed by atoms with van der Waals surface area (Å²) in [4.78, 5) is 16.6. The van der Waals surface area contributed by atoms with Crippen LogP contribution in [0.2, 0.25) is 0 Å². The molecule has 1 aromatic heterocycles. The highest BCUT2D eigenvalue weighted by Crippen LogP contribution is 2.24. The van der Waals surface area contributed by atoms with Crippen LogP contribution in [0.5, 0.6) is 0 Å². The van der Waals surface area contributed by atoms with E-state index in [1.54, 1.807) is 18.3 Å². The number of rotatable bonds is 7. The van der Waals surface area contributed by atoms with Gasteiger partial charge in [0.25, 0.3) is 5.91 Å². The summed E-state index contributed by atoms with van der Waals surface area (Å²) < 4.78 is 0.873. The molecular formula is C18H22BrN3O. The molecule has 4 nitrogen and oxygen atoms in total. The first-order valence-corrected chi connectivity index (χ1v) is 8.67. The first kappa shape index (κ1) is 17.5. The van der Waals surface area contributed by atoms with Crippen molar-refractivity contribution in [3.8, 4) is 0 Å². The number of aromatic nitrogens is 1. The van der Waals surface area contributed by atoms with Crippen LogP contribution in [-0.2, 0) is 0 Å². The highest BCUT2D eigenvalue weighted by molar-refractivity contribution is 9.10. The number of carbonyl (C=O) groups is 1. The Balaban J connectivity index is 2.01. The van der Waals surface area contributed by atoms with E-state index in [2.05, 4.69) is 38.5 Å². The zero-order chi connectivity index (χ0) is 16.7. The standard InChI is InChI=1S/C18H22BrN3O/c1-3-4-5-9-20-17-12-14(8-10-21-17)18(23)22-16-7-6-13(2)11-15(16)19/h6-8,10-12H,3-5,9H2,1-2H3,(H,20,21)(H,22,23). The number of aryl methyl sites for hydroxylation is 1. The number of pyridine rings is 1. The summed E-state index contributed by atoms with van der Waals surface area (Å²) in [5.41, 5.74) is 2.48. The second kappa shape index (κ2) is 8.67. The first-order chi connectivity index (χ1) is 11.1. The number of benzene rings is 1. The van der Waals surface area contributed by atoms with Crippen molar-refractivity contribution in [1.29, 1.82) is 0 Å². The number of carbonyl (C=O) groups excluding carboxylic acids is 1. The van der Waals surface area contributed by atoms with Crippen LogP contribution in [0.15, 0.2) is 41.0 Å². The number of hydrogen-bond acceptors (Lipinski definition) is 3. The zero-order valence-corrected chi connectivity index (χ0v) is 15.1. The summed E-state index contributed by atoms with van der Waals surface area (Å²) in [5.74, 6) is 0.588. The molecule has 0 bridgehead atoms. The average molecular weight is 376 g/mol. The van der Waals surface area contributed by atoms with Crippen molar-refractivity contribution >= 4 is 33.3 Å². The summed E-state index contributed by atoms with van der Waals surface area (Å²) in [6, 6.07) is 9.33. The lowest BCUT2D eigenvalue weighted by molar-refractivity contribution is 0.102. The van der Waals surface area contributed by atoms with Gasteiger partial charge in [-0.25, -0.2) is 4.98 Å². The Morgan fingerprint density at radius 3 is 2.78 bits per heavy atom. The van der Waals surface area contributed by atoms with Crippen LogP contribution < -0.4 is 10.6 Å². The Kier molecular flexibility index (Phi) is 6.59. The Hall–Kier alpha value is -1.88. The third-order valence-corrected chi connectivity index (χ3v) is 4.14. The van der Waals surface area contributed by atoms with E-state index in [-0.39, 0.29) is 5.91 Å². The highest BCUT2D eigenvalue weighted by atomic mass is 79.9. The molecule has 0 unspecified atom stereocenters. The zero-order valence-electron chi connectivity index (χ0n) is 13.5. The van der Waals surface area contributed by atoms with Crippen LogP contribution in [-0.4, -0.2) is 17.4 Å². The van der Waals surface area contributed by atoms with Gasteiger partial charge in [-0.2, -0.15) is 0 Å². The Labute approximate surface area is 145 Å². The smallest absolute Gasteiger partial charge is 0.255 e. The van der Waals surface area contributed by atoms with Gasteiger partial charge < -0.3 is 10.6 Å². The monoisotopic (exact) mass is 375 g/mol. The molecule has 2 aromatic rings.